The normalized spacial score (nSPS) is 12.4. The summed E-state index contributed by atoms with van der Waals surface area (Å²) in [5.41, 5.74) is 1.77. The van der Waals surface area contributed by atoms with Crippen molar-refractivity contribution in [2.45, 2.75) is 40.0 Å². The second kappa shape index (κ2) is 8.41. The fraction of sp³-hybridized carbons (Fsp3) is 0.444. The predicted octanol–water partition coefficient (Wildman–Crippen LogP) is 3.45. The molecule has 1 heterocycles. The van der Waals surface area contributed by atoms with E-state index in [4.69, 9.17) is 0 Å². The van der Waals surface area contributed by atoms with Gasteiger partial charge in [-0.25, -0.2) is 9.38 Å². The molecular formula is C18H23F4N5. The maximum Gasteiger partial charge on any atom is 0.416 e. The molecule has 2 N–H and O–H groups in total. The summed E-state index contributed by atoms with van der Waals surface area (Å²) in [7, 11) is 1.85. The third kappa shape index (κ3) is 5.21. The summed E-state index contributed by atoms with van der Waals surface area (Å²) in [5, 5.41) is 10.4. The fourth-order valence-electron chi connectivity index (χ4n) is 2.70. The lowest BCUT2D eigenvalue weighted by Gasteiger charge is -2.14. The zero-order valence-corrected chi connectivity index (χ0v) is 15.7. The molecule has 0 saturated heterocycles. The Morgan fingerprint density at radius 1 is 1.22 bits per heavy atom. The number of aliphatic imine (C=N–C) groups is 1. The molecule has 1 aromatic carbocycles. The molecule has 148 valence electrons. The first kappa shape index (κ1) is 20.7. The largest absolute Gasteiger partial charge is 0.416 e. The number of alkyl halides is 3. The van der Waals surface area contributed by atoms with Gasteiger partial charge in [0.1, 0.15) is 5.82 Å². The Morgan fingerprint density at radius 3 is 2.48 bits per heavy atom. The Hall–Kier alpha value is -2.58. The highest BCUT2D eigenvalue weighted by molar-refractivity contribution is 5.79. The van der Waals surface area contributed by atoms with E-state index in [1.807, 2.05) is 27.8 Å². The van der Waals surface area contributed by atoms with E-state index in [-0.39, 0.29) is 12.1 Å². The molecule has 0 fully saturated rings. The highest BCUT2D eigenvalue weighted by Gasteiger charge is 2.33. The second-order valence-corrected chi connectivity index (χ2v) is 6.12. The third-order valence-corrected chi connectivity index (χ3v) is 4.22. The molecule has 27 heavy (non-hydrogen) atoms. The first-order chi connectivity index (χ1) is 12.6. The Labute approximate surface area is 155 Å². The average molecular weight is 385 g/mol. The van der Waals surface area contributed by atoms with Gasteiger partial charge < -0.3 is 10.6 Å². The molecule has 0 aliphatic heterocycles. The van der Waals surface area contributed by atoms with Gasteiger partial charge in [-0.2, -0.15) is 18.3 Å². The molecule has 0 saturated carbocycles. The lowest BCUT2D eigenvalue weighted by Crippen LogP contribution is -2.37. The van der Waals surface area contributed by atoms with Crippen LogP contribution in [0.3, 0.4) is 0 Å². The molecule has 0 radical (unpaired) electrons. The number of guanidine groups is 1. The molecule has 2 aromatic rings. The number of nitrogens with zero attached hydrogens (tertiary/aromatic N) is 3. The summed E-state index contributed by atoms with van der Waals surface area (Å²) in [6.07, 6.45) is -4.64. The van der Waals surface area contributed by atoms with Crippen molar-refractivity contribution in [3.63, 3.8) is 0 Å². The molecule has 9 heteroatoms. The molecule has 0 unspecified atom stereocenters. The van der Waals surface area contributed by atoms with E-state index in [1.54, 1.807) is 4.68 Å². The number of aryl methyl sites for hydroxylation is 2. The highest BCUT2D eigenvalue weighted by atomic mass is 19.4. The van der Waals surface area contributed by atoms with Crippen molar-refractivity contribution in [1.82, 2.24) is 20.4 Å². The molecule has 0 aliphatic carbocycles. The van der Waals surface area contributed by atoms with Crippen LogP contribution in [0.4, 0.5) is 17.6 Å². The lowest BCUT2D eigenvalue weighted by atomic mass is 10.1. The fourth-order valence-corrected chi connectivity index (χ4v) is 2.70. The van der Waals surface area contributed by atoms with E-state index in [0.29, 0.717) is 25.1 Å². The van der Waals surface area contributed by atoms with E-state index in [9.17, 15) is 17.6 Å². The molecule has 0 atom stereocenters. The standard InChI is InChI=1S/C18H23F4N5/c1-5-23-17(25-10-15-11(2)26-27(4)12(15)3)24-9-13-6-7-14(19)8-16(13)18(20,21)22/h6-8H,5,9-10H2,1-4H3,(H2,23,24,25). The number of benzene rings is 1. The van der Waals surface area contributed by atoms with Gasteiger partial charge >= 0.3 is 6.18 Å². The molecule has 0 amide bonds. The van der Waals surface area contributed by atoms with Crippen molar-refractivity contribution in [2.75, 3.05) is 6.54 Å². The van der Waals surface area contributed by atoms with Crippen LogP contribution in [-0.4, -0.2) is 22.3 Å². The molecule has 0 spiro atoms. The summed E-state index contributed by atoms with van der Waals surface area (Å²) in [6.45, 7) is 6.45. The summed E-state index contributed by atoms with van der Waals surface area (Å²) < 4.78 is 54.3. The van der Waals surface area contributed by atoms with Crippen LogP contribution >= 0.6 is 0 Å². The molecule has 0 bridgehead atoms. The van der Waals surface area contributed by atoms with E-state index in [0.717, 1.165) is 29.1 Å². The monoisotopic (exact) mass is 385 g/mol. The molecule has 5 nitrogen and oxygen atoms in total. The van der Waals surface area contributed by atoms with Crippen LogP contribution in [0, 0.1) is 19.7 Å². The summed E-state index contributed by atoms with van der Waals surface area (Å²) >= 11 is 0. The van der Waals surface area contributed by atoms with Gasteiger partial charge in [-0.15, -0.1) is 0 Å². The van der Waals surface area contributed by atoms with Gasteiger partial charge in [-0.1, -0.05) is 6.07 Å². The van der Waals surface area contributed by atoms with Gasteiger partial charge in [0.05, 0.1) is 17.8 Å². The van der Waals surface area contributed by atoms with Gasteiger partial charge in [0.15, 0.2) is 5.96 Å². The Bertz CT molecular complexity index is 824. The summed E-state index contributed by atoms with van der Waals surface area (Å²) in [4.78, 5) is 4.21. The van der Waals surface area contributed by atoms with Gasteiger partial charge in [0.25, 0.3) is 0 Å². The Morgan fingerprint density at radius 2 is 1.93 bits per heavy atom. The van der Waals surface area contributed by atoms with Crippen molar-refractivity contribution in [3.8, 4) is 0 Å². The number of halogens is 4. The summed E-state index contributed by atoms with van der Waals surface area (Å²) in [5.74, 6) is -0.555. The minimum absolute atomic E-state index is 0.0881. The first-order valence-corrected chi connectivity index (χ1v) is 8.50. The minimum Gasteiger partial charge on any atom is -0.357 e. The SMILES string of the molecule is CCNC(=NCc1ccc(F)cc1C(F)(F)F)NCc1c(C)nn(C)c1C. The molecular weight excluding hydrogens is 362 g/mol. The van der Waals surface area contributed by atoms with Crippen LogP contribution < -0.4 is 10.6 Å². The number of hydrogen-bond acceptors (Lipinski definition) is 2. The number of aromatic nitrogens is 2. The van der Waals surface area contributed by atoms with E-state index in [2.05, 4.69) is 20.7 Å². The highest BCUT2D eigenvalue weighted by Crippen LogP contribution is 2.32. The minimum atomic E-state index is -4.64. The maximum absolute atomic E-state index is 13.2. The second-order valence-electron chi connectivity index (χ2n) is 6.12. The van der Waals surface area contributed by atoms with Crippen LogP contribution in [0.25, 0.3) is 0 Å². The lowest BCUT2D eigenvalue weighted by molar-refractivity contribution is -0.138. The number of rotatable bonds is 5. The van der Waals surface area contributed by atoms with Gasteiger partial charge in [-0.3, -0.25) is 4.68 Å². The molecule has 1 aromatic heterocycles. The Balaban J connectivity index is 2.19. The quantitative estimate of drug-likeness (QED) is 0.471. The number of nitrogens with one attached hydrogen (secondary N) is 2. The van der Waals surface area contributed by atoms with E-state index in [1.165, 1.54) is 0 Å². The van der Waals surface area contributed by atoms with Crippen LogP contribution in [0.2, 0.25) is 0 Å². The van der Waals surface area contributed by atoms with Crippen LogP contribution in [0.15, 0.2) is 23.2 Å². The number of hydrogen-bond donors (Lipinski definition) is 2. The van der Waals surface area contributed by atoms with Crippen molar-refractivity contribution in [3.05, 3.63) is 52.1 Å². The van der Waals surface area contributed by atoms with Crippen molar-refractivity contribution < 1.29 is 17.6 Å². The van der Waals surface area contributed by atoms with Crippen molar-refractivity contribution in [1.29, 1.82) is 0 Å². The zero-order chi connectivity index (χ0) is 20.2. The van der Waals surface area contributed by atoms with Crippen molar-refractivity contribution in [2.24, 2.45) is 12.0 Å². The van der Waals surface area contributed by atoms with Gasteiger partial charge in [0.2, 0.25) is 0 Å². The molecule has 2 rings (SSSR count). The van der Waals surface area contributed by atoms with Crippen LogP contribution in [0.5, 0.6) is 0 Å². The average Bonchev–Trinajstić information content (AvgIpc) is 2.82. The van der Waals surface area contributed by atoms with Crippen LogP contribution in [0.1, 0.15) is 35.0 Å². The van der Waals surface area contributed by atoms with Crippen LogP contribution in [-0.2, 0) is 26.3 Å². The third-order valence-electron chi connectivity index (χ3n) is 4.22. The van der Waals surface area contributed by atoms with E-state index < -0.39 is 17.6 Å². The first-order valence-electron chi connectivity index (χ1n) is 8.50. The van der Waals surface area contributed by atoms with Gasteiger partial charge in [-0.05, 0) is 38.5 Å². The van der Waals surface area contributed by atoms with Gasteiger partial charge in [0, 0.05) is 31.4 Å². The maximum atomic E-state index is 13.2. The predicted molar refractivity (Wildman–Crippen MR) is 95.7 cm³/mol. The van der Waals surface area contributed by atoms with E-state index >= 15 is 0 Å². The zero-order valence-electron chi connectivity index (χ0n) is 15.7. The molecule has 0 aliphatic rings. The van der Waals surface area contributed by atoms with Crippen molar-refractivity contribution >= 4 is 5.96 Å². The smallest absolute Gasteiger partial charge is 0.357 e. The summed E-state index contributed by atoms with van der Waals surface area (Å²) in [6, 6.07) is 2.61. The Kier molecular flexibility index (Phi) is 6.45. The topological polar surface area (TPSA) is 54.2 Å².